The quantitative estimate of drug-likeness (QED) is 0.789. The summed E-state index contributed by atoms with van der Waals surface area (Å²) in [5.74, 6) is 1.00. The summed E-state index contributed by atoms with van der Waals surface area (Å²) in [6, 6.07) is 0.269. The van der Waals surface area contributed by atoms with Crippen LogP contribution in [0.2, 0.25) is 0 Å². The number of methoxy groups -OCH3 is 1. The van der Waals surface area contributed by atoms with Crippen LogP contribution in [0.15, 0.2) is 0 Å². The maximum atomic E-state index is 8.99. The molecule has 0 unspecified atom stereocenters. The molecule has 6 heteroatoms. The molecular formula is C9H17N3O2S. The average molecular weight is 231 g/mol. The average Bonchev–Trinajstić information content (AvgIpc) is 2.55. The Morgan fingerprint density at radius 3 is 2.73 bits per heavy atom. The second-order valence-corrected chi connectivity index (χ2v) is 4.17. The van der Waals surface area contributed by atoms with Gasteiger partial charge in [-0.2, -0.15) is 4.37 Å². The number of aromatic nitrogens is 1. The molecule has 0 spiro atoms. The zero-order chi connectivity index (χ0) is 11.4. The number of hydrogen-bond acceptors (Lipinski definition) is 6. The predicted octanol–water partition coefficient (Wildman–Crippen LogP) is 0.941. The van der Waals surface area contributed by atoms with Crippen LogP contribution >= 0.6 is 11.5 Å². The first-order chi connectivity index (χ1) is 7.11. The van der Waals surface area contributed by atoms with E-state index in [2.05, 4.69) is 4.37 Å². The Bertz CT molecular complexity index is 314. The third kappa shape index (κ3) is 2.51. The van der Waals surface area contributed by atoms with Crippen molar-refractivity contribution in [3.05, 3.63) is 0 Å². The summed E-state index contributed by atoms with van der Waals surface area (Å²) in [4.78, 5) is 2.02. The molecule has 0 aromatic carbocycles. The zero-order valence-electron chi connectivity index (χ0n) is 9.23. The van der Waals surface area contributed by atoms with Gasteiger partial charge in [0.1, 0.15) is 0 Å². The second-order valence-electron chi connectivity index (χ2n) is 3.42. The molecule has 1 heterocycles. The van der Waals surface area contributed by atoms with Crippen molar-refractivity contribution in [1.29, 1.82) is 0 Å². The van der Waals surface area contributed by atoms with Gasteiger partial charge >= 0.3 is 0 Å². The van der Waals surface area contributed by atoms with Crippen LogP contribution in [0, 0.1) is 0 Å². The van der Waals surface area contributed by atoms with Crippen LogP contribution in [0.5, 0.6) is 5.75 Å². The van der Waals surface area contributed by atoms with Gasteiger partial charge in [0.25, 0.3) is 0 Å². The molecule has 0 atom stereocenters. The fraction of sp³-hybridized carbons (Fsp3) is 0.667. The predicted molar refractivity (Wildman–Crippen MR) is 62.6 cm³/mol. The van der Waals surface area contributed by atoms with Gasteiger partial charge in [0, 0.05) is 12.6 Å². The van der Waals surface area contributed by atoms with E-state index in [0.717, 1.165) is 5.00 Å². The molecule has 5 nitrogen and oxygen atoms in total. The number of anilines is 2. The van der Waals surface area contributed by atoms with E-state index in [0.29, 0.717) is 18.1 Å². The van der Waals surface area contributed by atoms with Crippen molar-refractivity contribution in [2.45, 2.75) is 19.9 Å². The zero-order valence-corrected chi connectivity index (χ0v) is 10.0. The Morgan fingerprint density at radius 2 is 2.27 bits per heavy atom. The van der Waals surface area contributed by atoms with Gasteiger partial charge in [0.05, 0.1) is 13.7 Å². The number of rotatable bonds is 5. The summed E-state index contributed by atoms with van der Waals surface area (Å²) in [5.41, 5.74) is 5.67. The molecule has 15 heavy (non-hydrogen) atoms. The summed E-state index contributed by atoms with van der Waals surface area (Å²) >= 11 is 1.29. The normalized spacial score (nSPS) is 10.7. The minimum absolute atomic E-state index is 0.0964. The number of nitrogens with zero attached hydrogens (tertiary/aromatic N) is 2. The number of nitrogen functional groups attached to an aromatic ring is 1. The highest BCUT2D eigenvalue weighted by molar-refractivity contribution is 7.11. The molecule has 0 aliphatic carbocycles. The van der Waals surface area contributed by atoms with Crippen molar-refractivity contribution in [3.63, 3.8) is 0 Å². The maximum absolute atomic E-state index is 8.99. The van der Waals surface area contributed by atoms with Crippen molar-refractivity contribution >= 4 is 22.4 Å². The van der Waals surface area contributed by atoms with Crippen LogP contribution in [0.3, 0.4) is 0 Å². The monoisotopic (exact) mass is 231 g/mol. The van der Waals surface area contributed by atoms with Gasteiger partial charge in [0.2, 0.25) is 0 Å². The first kappa shape index (κ1) is 12.1. The summed E-state index contributed by atoms with van der Waals surface area (Å²) in [5, 5.41) is 9.86. The molecule has 1 aromatic rings. The van der Waals surface area contributed by atoms with E-state index >= 15 is 0 Å². The first-order valence-corrected chi connectivity index (χ1v) is 5.55. The minimum atomic E-state index is 0.0964. The molecule has 0 saturated heterocycles. The number of aliphatic hydroxyl groups excluding tert-OH is 1. The Balaban J connectivity index is 2.99. The summed E-state index contributed by atoms with van der Waals surface area (Å²) in [7, 11) is 1.57. The van der Waals surface area contributed by atoms with E-state index in [1.807, 2.05) is 18.7 Å². The molecule has 3 N–H and O–H groups in total. The highest BCUT2D eigenvalue weighted by Crippen LogP contribution is 2.38. The van der Waals surface area contributed by atoms with Crippen molar-refractivity contribution in [2.75, 3.05) is 30.9 Å². The summed E-state index contributed by atoms with van der Waals surface area (Å²) < 4.78 is 9.24. The molecule has 0 radical (unpaired) electrons. The topological polar surface area (TPSA) is 71.6 Å². The van der Waals surface area contributed by atoms with Gasteiger partial charge in [-0.25, -0.2) is 0 Å². The molecule has 1 rings (SSSR count). The van der Waals surface area contributed by atoms with Gasteiger partial charge in [-0.3, -0.25) is 0 Å². The Morgan fingerprint density at radius 1 is 1.60 bits per heavy atom. The van der Waals surface area contributed by atoms with Gasteiger partial charge in [-0.15, -0.1) is 0 Å². The smallest absolute Gasteiger partial charge is 0.197 e. The molecule has 86 valence electrons. The van der Waals surface area contributed by atoms with E-state index in [9.17, 15) is 0 Å². The van der Waals surface area contributed by atoms with Gasteiger partial charge in [-0.1, -0.05) is 0 Å². The molecule has 0 aliphatic rings. The van der Waals surface area contributed by atoms with Crippen molar-refractivity contribution < 1.29 is 9.84 Å². The summed E-state index contributed by atoms with van der Waals surface area (Å²) in [6.07, 6.45) is 0. The van der Waals surface area contributed by atoms with Crippen LogP contribution in [-0.2, 0) is 0 Å². The van der Waals surface area contributed by atoms with E-state index in [1.54, 1.807) is 7.11 Å². The van der Waals surface area contributed by atoms with Crippen LogP contribution in [-0.4, -0.2) is 35.8 Å². The lowest BCUT2D eigenvalue weighted by Gasteiger charge is -2.26. The van der Waals surface area contributed by atoms with Gasteiger partial charge in [0.15, 0.2) is 16.6 Å². The maximum Gasteiger partial charge on any atom is 0.197 e. The third-order valence-corrected chi connectivity index (χ3v) is 2.97. The van der Waals surface area contributed by atoms with Crippen molar-refractivity contribution in [2.24, 2.45) is 0 Å². The molecule has 0 amide bonds. The van der Waals surface area contributed by atoms with Gasteiger partial charge < -0.3 is 20.5 Å². The molecular weight excluding hydrogens is 214 g/mol. The molecule has 0 aliphatic heterocycles. The lowest BCUT2D eigenvalue weighted by atomic mass is 10.3. The second kappa shape index (κ2) is 5.18. The van der Waals surface area contributed by atoms with Crippen LogP contribution < -0.4 is 15.4 Å². The highest BCUT2D eigenvalue weighted by Gasteiger charge is 2.20. The molecule has 0 bridgehead atoms. The Labute approximate surface area is 93.6 Å². The van der Waals surface area contributed by atoms with Crippen LogP contribution in [0.4, 0.5) is 10.8 Å². The Kier molecular flexibility index (Phi) is 4.16. The number of aliphatic hydroxyl groups is 1. The lowest BCUT2D eigenvalue weighted by Crippen LogP contribution is -2.32. The van der Waals surface area contributed by atoms with Crippen LogP contribution in [0.25, 0.3) is 0 Å². The van der Waals surface area contributed by atoms with E-state index in [1.165, 1.54) is 11.5 Å². The number of hydrogen-bond donors (Lipinski definition) is 2. The fourth-order valence-corrected chi connectivity index (χ4v) is 2.31. The van der Waals surface area contributed by atoms with E-state index in [-0.39, 0.29) is 12.6 Å². The molecule has 1 aromatic heterocycles. The van der Waals surface area contributed by atoms with E-state index in [4.69, 9.17) is 15.6 Å². The summed E-state index contributed by atoms with van der Waals surface area (Å²) in [6.45, 7) is 4.74. The fourth-order valence-electron chi connectivity index (χ4n) is 1.36. The van der Waals surface area contributed by atoms with Crippen molar-refractivity contribution in [1.82, 2.24) is 4.37 Å². The number of ether oxygens (including phenoxy) is 1. The standard InChI is InChI=1S/C9H17N3O2S/c1-6(2)12(4-5-13)9-7(14-3)8(10)11-15-9/h6,13H,4-5H2,1-3H3,(H2,10,11). The third-order valence-electron chi connectivity index (χ3n) is 2.09. The molecule has 0 fully saturated rings. The lowest BCUT2D eigenvalue weighted by molar-refractivity contribution is 0.298. The Hall–Kier alpha value is -1.01. The number of nitrogens with two attached hydrogens (primary N) is 1. The van der Waals surface area contributed by atoms with Crippen molar-refractivity contribution in [3.8, 4) is 5.75 Å². The largest absolute Gasteiger partial charge is 0.490 e. The van der Waals surface area contributed by atoms with Gasteiger partial charge in [-0.05, 0) is 25.4 Å². The SMILES string of the molecule is COc1c(N)nsc1N(CCO)C(C)C. The highest BCUT2D eigenvalue weighted by atomic mass is 32.1. The first-order valence-electron chi connectivity index (χ1n) is 4.78. The van der Waals surface area contributed by atoms with E-state index < -0.39 is 0 Å². The molecule has 0 saturated carbocycles. The van der Waals surface area contributed by atoms with Crippen LogP contribution in [0.1, 0.15) is 13.8 Å². The minimum Gasteiger partial charge on any atom is -0.490 e.